The summed E-state index contributed by atoms with van der Waals surface area (Å²) in [5, 5.41) is 17.4. The van der Waals surface area contributed by atoms with Gasteiger partial charge in [0.25, 0.3) is 5.91 Å². The number of likely N-dealkylation sites (N-methyl/N-ethyl adjacent to an activating group) is 1. The second-order valence-corrected chi connectivity index (χ2v) is 20.9. The number of H-pyrrole nitrogens is 1. The highest BCUT2D eigenvalue weighted by atomic mass is 79.9. The number of primary amides is 1. The van der Waals surface area contributed by atoms with Crippen LogP contribution < -0.4 is 52.6 Å². The number of nitrogens with one attached hydrogen (secondary N) is 6. The molecule has 79 heavy (non-hydrogen) atoms. The zero-order valence-corrected chi connectivity index (χ0v) is 46.5. The average Bonchev–Trinajstić information content (AvgIpc) is 4.09. The van der Waals surface area contributed by atoms with Gasteiger partial charge >= 0.3 is 18.2 Å². The lowest BCUT2D eigenvalue weighted by atomic mass is 9.95. The number of anilines is 3. The number of ether oxygens (including phenoxy) is 3. The lowest BCUT2D eigenvalue weighted by molar-refractivity contribution is -0.128. The van der Waals surface area contributed by atoms with Gasteiger partial charge in [0.15, 0.2) is 0 Å². The molecule has 1 fully saturated rings. The summed E-state index contributed by atoms with van der Waals surface area (Å²) in [6.07, 6.45) is 0.298. The zero-order chi connectivity index (χ0) is 56.2. The van der Waals surface area contributed by atoms with E-state index < -0.39 is 42.1 Å². The van der Waals surface area contributed by atoms with Gasteiger partial charge in [-0.1, -0.05) is 66.2 Å². The number of nitrogens with zero attached hydrogens (tertiary/aromatic N) is 4. The van der Waals surface area contributed by atoms with E-state index in [1.165, 1.54) is 0 Å². The molecule has 3 aliphatic rings. The highest BCUT2D eigenvalue weighted by molar-refractivity contribution is 9.09. The predicted octanol–water partition coefficient (Wildman–Crippen LogP) is 4.87. The second-order valence-electron chi connectivity index (χ2n) is 20.3. The van der Waals surface area contributed by atoms with Gasteiger partial charge in [0.05, 0.1) is 30.6 Å². The van der Waals surface area contributed by atoms with Crippen molar-refractivity contribution in [2.75, 3.05) is 106 Å². The van der Waals surface area contributed by atoms with Crippen LogP contribution in [0.2, 0.25) is 0 Å². The number of halogens is 1. The topological polar surface area (TPSA) is 288 Å². The van der Waals surface area contributed by atoms with Crippen molar-refractivity contribution in [3.8, 4) is 5.75 Å². The average molecular weight is 1150 g/mol. The summed E-state index contributed by atoms with van der Waals surface area (Å²) in [5.74, 6) is -1.09. The number of carbonyl (C=O) groups excluding carboxylic acids is 7. The Bertz CT molecular complexity index is 3020. The molecule has 0 bridgehead atoms. The minimum absolute atomic E-state index is 0.0150. The molecule has 1 aromatic heterocycles. The van der Waals surface area contributed by atoms with Crippen LogP contribution in [0.5, 0.6) is 5.75 Å². The van der Waals surface area contributed by atoms with Gasteiger partial charge in [-0.15, -0.1) is 0 Å². The summed E-state index contributed by atoms with van der Waals surface area (Å²) in [6.45, 7) is 8.87. The summed E-state index contributed by atoms with van der Waals surface area (Å²) in [5.41, 5.74) is 16.2. The van der Waals surface area contributed by atoms with Crippen LogP contribution in [-0.4, -0.2) is 160 Å². The van der Waals surface area contributed by atoms with Crippen LogP contribution in [0.3, 0.4) is 0 Å². The number of piperazine rings is 1. The molecule has 422 valence electrons. The van der Waals surface area contributed by atoms with Crippen LogP contribution in [0.1, 0.15) is 66.2 Å². The molecular weight excluding hydrogens is 1080 g/mol. The summed E-state index contributed by atoms with van der Waals surface area (Å²) in [4.78, 5) is 103. The van der Waals surface area contributed by atoms with E-state index in [4.69, 9.17) is 25.7 Å². The maximum atomic E-state index is 14.6. The number of hydrogen-bond acceptors (Lipinski definition) is 13. The van der Waals surface area contributed by atoms with Gasteiger partial charge in [-0.3, -0.25) is 24.1 Å². The van der Waals surface area contributed by atoms with Crippen LogP contribution >= 0.6 is 15.9 Å². The molecule has 10 N–H and O–H groups in total. The van der Waals surface area contributed by atoms with Gasteiger partial charge in [0.2, 0.25) is 17.7 Å². The van der Waals surface area contributed by atoms with Crippen LogP contribution in [0.4, 0.5) is 31.4 Å². The highest BCUT2D eigenvalue weighted by Gasteiger charge is 2.37. The molecule has 4 heterocycles. The first kappa shape index (κ1) is 57.9. The van der Waals surface area contributed by atoms with Gasteiger partial charge in [-0.2, -0.15) is 0 Å². The molecule has 0 unspecified atom stereocenters. The van der Waals surface area contributed by atoms with Gasteiger partial charge in [0, 0.05) is 111 Å². The minimum Gasteiger partial charge on any atom is -0.444 e. The Morgan fingerprint density at radius 1 is 0.810 bits per heavy atom. The molecule has 0 saturated carbocycles. The number of alkyl halides is 1. The summed E-state index contributed by atoms with van der Waals surface area (Å²) < 4.78 is 17.2. The van der Waals surface area contributed by atoms with Crippen molar-refractivity contribution >= 4 is 96.5 Å². The lowest BCUT2D eigenvalue weighted by Gasteiger charge is -2.31. The quantitative estimate of drug-likeness (QED) is 0.0320. The first-order valence-electron chi connectivity index (χ1n) is 26.8. The third-order valence-corrected chi connectivity index (χ3v) is 15.2. The van der Waals surface area contributed by atoms with Crippen molar-refractivity contribution in [1.82, 2.24) is 36.1 Å². The first-order chi connectivity index (χ1) is 38.1. The Labute approximate surface area is 467 Å². The normalized spacial score (nSPS) is 15.9. The lowest BCUT2D eigenvalue weighted by Crippen LogP contribution is -2.54. The molecule has 5 aromatic rings. The van der Waals surface area contributed by atoms with E-state index in [0.29, 0.717) is 98.1 Å². The van der Waals surface area contributed by atoms with Crippen LogP contribution in [0.25, 0.3) is 21.7 Å². The van der Waals surface area contributed by atoms with Gasteiger partial charge in [-0.25, -0.2) is 14.4 Å². The number of benzene rings is 4. The van der Waals surface area contributed by atoms with E-state index in [1.807, 2.05) is 69.4 Å². The van der Waals surface area contributed by atoms with E-state index in [9.17, 15) is 33.6 Å². The van der Waals surface area contributed by atoms with Crippen molar-refractivity contribution in [3.63, 3.8) is 0 Å². The Balaban J connectivity index is 0.879. The number of nitrogens with two attached hydrogens (primary N) is 2. The molecule has 22 nitrogen and oxygen atoms in total. The highest BCUT2D eigenvalue weighted by Crippen LogP contribution is 2.47. The van der Waals surface area contributed by atoms with Crippen molar-refractivity contribution in [2.45, 2.75) is 64.1 Å². The SMILES string of the molecule is CC(C)[C@H](NCCNC(=O)CCOCCN)C(=O)N[C@@H](CCCNC(N)=O)C(=O)Nc1ccc(COC(=O)N2CCc3c2ccc2[nH]c(C(=O)N4C[C@@H](CBr)c5c4cc(OC(=O)N4CCN(C)CC4)c4ccccc54)cc32)cc1. The molecule has 0 radical (unpaired) electrons. The third-order valence-electron chi connectivity index (χ3n) is 14.4. The molecule has 23 heteroatoms. The maximum Gasteiger partial charge on any atom is 0.415 e. The molecule has 3 aliphatic heterocycles. The fourth-order valence-electron chi connectivity index (χ4n) is 10.2. The smallest absolute Gasteiger partial charge is 0.415 e. The van der Waals surface area contributed by atoms with Crippen molar-refractivity contribution < 1.29 is 47.8 Å². The zero-order valence-electron chi connectivity index (χ0n) is 44.9. The predicted molar refractivity (Wildman–Crippen MR) is 305 cm³/mol. The number of rotatable bonds is 23. The van der Waals surface area contributed by atoms with Gasteiger partial charge < -0.3 is 71.9 Å². The van der Waals surface area contributed by atoms with E-state index in [1.54, 1.807) is 39.0 Å². The Morgan fingerprint density at radius 3 is 2.29 bits per heavy atom. The van der Waals surface area contributed by atoms with Crippen LogP contribution in [-0.2, 0) is 36.9 Å². The van der Waals surface area contributed by atoms with Crippen molar-refractivity contribution in [2.24, 2.45) is 17.4 Å². The first-order valence-corrected chi connectivity index (χ1v) is 27.9. The summed E-state index contributed by atoms with van der Waals surface area (Å²) >= 11 is 3.70. The fraction of sp³-hybridized carbons (Fsp3) is 0.446. The number of urea groups is 1. The Kier molecular flexibility index (Phi) is 19.8. The molecular formula is C56H71BrN12O10. The Morgan fingerprint density at radius 2 is 1.57 bits per heavy atom. The molecule has 0 spiro atoms. The number of aromatic amines is 1. The summed E-state index contributed by atoms with van der Waals surface area (Å²) in [7, 11) is 2.03. The van der Waals surface area contributed by atoms with Crippen molar-refractivity contribution in [3.05, 3.63) is 95.2 Å². The largest absolute Gasteiger partial charge is 0.444 e. The van der Waals surface area contributed by atoms with E-state index in [0.717, 1.165) is 45.9 Å². The molecule has 8 rings (SSSR count). The maximum absolute atomic E-state index is 14.6. The summed E-state index contributed by atoms with van der Waals surface area (Å²) in [6, 6.07) is 19.6. The number of amides is 8. The van der Waals surface area contributed by atoms with E-state index in [2.05, 4.69) is 52.4 Å². The molecule has 3 atom stereocenters. The standard InChI is InChI=1S/C56H71BrN12O10/c1-34(2)50(61-21-20-60-48(70)17-27-77-28-18-58)52(72)65-43(9-6-19-62-54(59)74)51(71)63-37-12-10-35(11-13-37)33-78-56(76)68-22-16-38-41-29-44(64-42(41)14-15-45(38)68)53(73)69-32-36(31-57)49-40-8-5-4-7-39(40)47(30-46(49)69)79-55(75)67-25-23-66(3)24-26-67/h4-5,7-8,10-15,29-30,34,36,43,50,61,64H,6,9,16-28,31-33,58H2,1-3H3,(H,60,70)(H,63,71)(H,65,72)(H3,59,62,74)/t36-,43+,50+/m1/s1. The number of hydrogen-bond donors (Lipinski definition) is 8. The molecule has 0 aliphatic carbocycles. The number of carbonyl (C=O) groups is 7. The molecule has 8 amide bonds. The number of fused-ring (bicyclic) bond motifs is 6. The van der Waals surface area contributed by atoms with Crippen LogP contribution in [0, 0.1) is 5.92 Å². The Hall–Kier alpha value is -7.31. The van der Waals surface area contributed by atoms with E-state index in [-0.39, 0.29) is 62.8 Å². The molecule has 1 saturated heterocycles. The fourth-order valence-corrected chi connectivity index (χ4v) is 10.7. The molecule has 4 aromatic carbocycles. The third kappa shape index (κ3) is 14.3. The minimum atomic E-state index is -0.974. The van der Waals surface area contributed by atoms with Crippen molar-refractivity contribution in [1.29, 1.82) is 0 Å². The van der Waals surface area contributed by atoms with Gasteiger partial charge in [-0.05, 0) is 84.6 Å². The monoisotopic (exact) mass is 1150 g/mol. The van der Waals surface area contributed by atoms with E-state index >= 15 is 0 Å². The second kappa shape index (κ2) is 27.0. The number of aromatic nitrogens is 1. The van der Waals surface area contributed by atoms with Crippen LogP contribution in [0.15, 0.2) is 72.8 Å². The van der Waals surface area contributed by atoms with Gasteiger partial charge in [0.1, 0.15) is 24.1 Å².